The summed E-state index contributed by atoms with van der Waals surface area (Å²) in [7, 11) is 0. The van der Waals surface area contributed by atoms with E-state index in [4.69, 9.17) is 0 Å². The number of rotatable bonds is 4. The summed E-state index contributed by atoms with van der Waals surface area (Å²) in [4.78, 5) is 0. The fourth-order valence-corrected chi connectivity index (χ4v) is 6.43. The molecule has 1 aliphatic heterocycles. The molecule has 0 amide bonds. The first-order valence-electron chi connectivity index (χ1n) is 13.7. The second kappa shape index (κ2) is 9.71. The fourth-order valence-electron chi connectivity index (χ4n) is 6.43. The monoisotopic (exact) mass is 507 g/mol. The average molecular weight is 508 g/mol. The quantitative estimate of drug-likeness (QED) is 0.215. The Hall–Kier alpha value is -4.43. The van der Waals surface area contributed by atoms with E-state index in [1.807, 2.05) is 0 Å². The van der Waals surface area contributed by atoms with Crippen molar-refractivity contribution in [2.45, 2.75) is 41.5 Å². The number of aromatic nitrogens is 2. The molecule has 0 aliphatic carbocycles. The highest BCUT2D eigenvalue weighted by Crippen LogP contribution is 2.34. The summed E-state index contributed by atoms with van der Waals surface area (Å²) >= 11 is 0. The number of allylic oxidation sites excluding steroid dienone is 4. The topological polar surface area (TPSA) is 8.29 Å². The molecule has 2 aromatic carbocycles. The lowest BCUT2D eigenvalue weighted by atomic mass is 9.97. The van der Waals surface area contributed by atoms with Crippen molar-refractivity contribution < 1.29 is 4.57 Å². The van der Waals surface area contributed by atoms with Crippen molar-refractivity contribution >= 4 is 22.9 Å². The van der Waals surface area contributed by atoms with E-state index in [9.17, 15) is 0 Å². The molecule has 2 nitrogen and oxygen atoms in total. The Labute approximate surface area is 231 Å². The normalized spacial score (nSPS) is 14.0. The van der Waals surface area contributed by atoms with E-state index < -0.39 is 0 Å². The molecule has 0 saturated heterocycles. The van der Waals surface area contributed by atoms with Gasteiger partial charge in [0, 0.05) is 35.5 Å². The molecule has 3 aromatic heterocycles. The standard InChI is InChI=1S/C37H35N2/c1-24-18-26(3)36(27(4)19-24)34-22-30(32-14-7-9-16-38(32)34)12-11-13-31-23-35(39-17-10-8-15-33(31)39)37-28(5)20-25(2)21-29(37)6/h7-23H,1-6H3/q+1. The van der Waals surface area contributed by atoms with Crippen LogP contribution in [0.2, 0.25) is 0 Å². The molecule has 0 fully saturated rings. The lowest BCUT2D eigenvalue weighted by molar-refractivity contribution is -0.578. The Morgan fingerprint density at radius 1 is 0.692 bits per heavy atom. The van der Waals surface area contributed by atoms with E-state index in [2.05, 4.69) is 154 Å². The Morgan fingerprint density at radius 3 is 2.03 bits per heavy atom. The van der Waals surface area contributed by atoms with Crippen LogP contribution in [0.25, 0.3) is 34.1 Å². The van der Waals surface area contributed by atoms with Crippen molar-refractivity contribution in [3.63, 3.8) is 0 Å². The summed E-state index contributed by atoms with van der Waals surface area (Å²) in [6, 6.07) is 24.3. The maximum atomic E-state index is 2.33. The minimum Gasteiger partial charge on any atom is -0.316 e. The van der Waals surface area contributed by atoms with Crippen molar-refractivity contribution in [2.75, 3.05) is 0 Å². The van der Waals surface area contributed by atoms with Crippen LogP contribution in [0.5, 0.6) is 0 Å². The van der Waals surface area contributed by atoms with Crippen LogP contribution in [-0.4, -0.2) is 4.40 Å². The van der Waals surface area contributed by atoms with Crippen LogP contribution in [0.4, 0.5) is 0 Å². The van der Waals surface area contributed by atoms with Crippen LogP contribution in [0.15, 0.2) is 97.4 Å². The second-order valence-corrected chi connectivity index (χ2v) is 11.0. The van der Waals surface area contributed by atoms with E-state index in [1.165, 1.54) is 78.2 Å². The molecule has 6 rings (SSSR count). The fraction of sp³-hybridized carbons (Fsp3) is 0.162. The molecular formula is C37H35N2+. The number of hydrogen-bond acceptors (Lipinski definition) is 0. The molecule has 192 valence electrons. The SMILES string of the molecule is Cc1cc(C)c(C2=CC(=CC=Cc3cc(-c4c(C)cc(C)cc4C)n4ccccc34)c3cccc[n+]32)c(C)c1. The molecular weight excluding hydrogens is 472 g/mol. The third-order valence-corrected chi connectivity index (χ3v) is 7.83. The Kier molecular flexibility index (Phi) is 6.19. The molecule has 0 saturated carbocycles. The van der Waals surface area contributed by atoms with Gasteiger partial charge in [0.1, 0.15) is 0 Å². The molecule has 2 heteroatoms. The van der Waals surface area contributed by atoms with Gasteiger partial charge in [0.25, 0.3) is 0 Å². The van der Waals surface area contributed by atoms with Crippen LogP contribution in [0.3, 0.4) is 0 Å². The van der Waals surface area contributed by atoms with E-state index >= 15 is 0 Å². The van der Waals surface area contributed by atoms with E-state index in [0.29, 0.717) is 0 Å². The summed E-state index contributed by atoms with van der Waals surface area (Å²) in [6.07, 6.45) is 13.3. The van der Waals surface area contributed by atoms with Crippen molar-refractivity contribution in [1.82, 2.24) is 4.40 Å². The summed E-state index contributed by atoms with van der Waals surface area (Å²) in [5, 5.41) is 0. The van der Waals surface area contributed by atoms with Gasteiger partial charge in [0.15, 0.2) is 6.20 Å². The molecule has 0 radical (unpaired) electrons. The highest BCUT2D eigenvalue weighted by molar-refractivity contribution is 5.87. The van der Waals surface area contributed by atoms with Gasteiger partial charge in [-0.25, -0.2) is 0 Å². The molecule has 0 spiro atoms. The zero-order chi connectivity index (χ0) is 27.3. The van der Waals surface area contributed by atoms with Crippen LogP contribution in [0.1, 0.15) is 50.2 Å². The summed E-state index contributed by atoms with van der Waals surface area (Å²) < 4.78 is 4.64. The summed E-state index contributed by atoms with van der Waals surface area (Å²) in [6.45, 7) is 13.2. The van der Waals surface area contributed by atoms with Gasteiger partial charge < -0.3 is 4.40 Å². The molecule has 0 atom stereocenters. The molecule has 0 bridgehead atoms. The number of hydrogen-bond donors (Lipinski definition) is 0. The van der Waals surface area contributed by atoms with Gasteiger partial charge in [-0.2, -0.15) is 4.57 Å². The number of pyridine rings is 2. The predicted molar refractivity (Wildman–Crippen MR) is 165 cm³/mol. The van der Waals surface area contributed by atoms with E-state index in [0.717, 1.165) is 0 Å². The third kappa shape index (κ3) is 4.36. The van der Waals surface area contributed by atoms with Crippen LogP contribution >= 0.6 is 0 Å². The minimum absolute atomic E-state index is 1.21. The maximum Gasteiger partial charge on any atom is 0.219 e. The van der Waals surface area contributed by atoms with E-state index in [1.54, 1.807) is 0 Å². The maximum absolute atomic E-state index is 2.33. The Balaban J connectivity index is 1.43. The van der Waals surface area contributed by atoms with Gasteiger partial charge in [-0.05, 0) is 94.1 Å². The van der Waals surface area contributed by atoms with Gasteiger partial charge in [-0.15, -0.1) is 0 Å². The number of fused-ring (bicyclic) bond motifs is 2. The predicted octanol–water partition coefficient (Wildman–Crippen LogP) is 8.74. The van der Waals surface area contributed by atoms with Gasteiger partial charge in [0.05, 0.1) is 22.3 Å². The van der Waals surface area contributed by atoms with Crippen molar-refractivity contribution in [3.05, 3.63) is 148 Å². The highest BCUT2D eigenvalue weighted by Gasteiger charge is 2.29. The van der Waals surface area contributed by atoms with Crippen LogP contribution < -0.4 is 4.57 Å². The largest absolute Gasteiger partial charge is 0.316 e. The smallest absolute Gasteiger partial charge is 0.219 e. The first-order valence-corrected chi connectivity index (χ1v) is 13.7. The molecule has 0 N–H and O–H groups in total. The van der Waals surface area contributed by atoms with Crippen molar-refractivity contribution in [3.8, 4) is 11.3 Å². The number of aryl methyl sites for hydroxylation is 6. The third-order valence-electron chi connectivity index (χ3n) is 7.83. The second-order valence-electron chi connectivity index (χ2n) is 11.0. The number of nitrogens with zero attached hydrogens (tertiary/aromatic N) is 2. The highest BCUT2D eigenvalue weighted by atomic mass is 15.0. The van der Waals surface area contributed by atoms with Gasteiger partial charge in [-0.3, -0.25) is 0 Å². The number of benzene rings is 2. The molecule has 0 unspecified atom stereocenters. The van der Waals surface area contributed by atoms with Gasteiger partial charge in [0.2, 0.25) is 11.4 Å². The Morgan fingerprint density at radius 2 is 1.33 bits per heavy atom. The van der Waals surface area contributed by atoms with Crippen LogP contribution in [-0.2, 0) is 0 Å². The molecule has 1 aliphatic rings. The summed E-state index contributed by atoms with van der Waals surface area (Å²) in [5.41, 5.74) is 17.8. The van der Waals surface area contributed by atoms with E-state index in [-0.39, 0.29) is 0 Å². The first-order chi connectivity index (χ1) is 18.8. The minimum atomic E-state index is 1.21. The molecule has 39 heavy (non-hydrogen) atoms. The van der Waals surface area contributed by atoms with Crippen molar-refractivity contribution in [2.24, 2.45) is 0 Å². The van der Waals surface area contributed by atoms with Crippen molar-refractivity contribution in [1.29, 1.82) is 0 Å². The zero-order valence-corrected chi connectivity index (χ0v) is 23.7. The molecule has 4 heterocycles. The Bertz CT molecular complexity index is 1810. The lowest BCUT2D eigenvalue weighted by Gasteiger charge is -2.11. The zero-order valence-electron chi connectivity index (χ0n) is 23.7. The first kappa shape index (κ1) is 24.9. The van der Waals surface area contributed by atoms with Gasteiger partial charge in [-0.1, -0.05) is 53.6 Å². The van der Waals surface area contributed by atoms with Crippen LogP contribution in [0, 0.1) is 41.5 Å². The summed E-state index contributed by atoms with van der Waals surface area (Å²) in [5.74, 6) is 0. The average Bonchev–Trinajstić information content (AvgIpc) is 3.42. The lowest BCUT2D eigenvalue weighted by Crippen LogP contribution is -2.33. The van der Waals surface area contributed by atoms with Gasteiger partial charge >= 0.3 is 0 Å². The molecule has 5 aromatic rings.